The predicted octanol–water partition coefficient (Wildman–Crippen LogP) is 4.55. The third kappa shape index (κ3) is 4.47. The van der Waals surface area contributed by atoms with Gasteiger partial charge in [0.15, 0.2) is 0 Å². The molecule has 0 aromatic heterocycles. The van der Waals surface area contributed by atoms with E-state index in [1.807, 2.05) is 0 Å². The maximum Gasteiger partial charge on any atom is 0.125 e. The van der Waals surface area contributed by atoms with Gasteiger partial charge in [0, 0.05) is 6.04 Å². The van der Waals surface area contributed by atoms with Crippen molar-refractivity contribution in [3.63, 3.8) is 0 Å². The van der Waals surface area contributed by atoms with Gasteiger partial charge in [-0.05, 0) is 63.6 Å². The molecule has 0 heterocycles. The van der Waals surface area contributed by atoms with Gasteiger partial charge in [-0.2, -0.15) is 0 Å². The molecule has 1 N–H and O–H groups in total. The lowest BCUT2D eigenvalue weighted by molar-refractivity contribution is 0.215. The van der Waals surface area contributed by atoms with Crippen molar-refractivity contribution in [1.82, 2.24) is 5.32 Å². The number of hydrogen-bond donors (Lipinski definition) is 1. The molecule has 1 atom stereocenters. The standard InChI is InChI=1S/C19H31NO/c1-5-10-20-18(17-8-6-7-9-17)13-21-19-15(3)11-14(2)12-16(19)4/h11-12,17-18,20H,5-10,13H2,1-4H3. The minimum atomic E-state index is 0.507. The summed E-state index contributed by atoms with van der Waals surface area (Å²) in [7, 11) is 0. The van der Waals surface area contributed by atoms with Gasteiger partial charge in [-0.1, -0.05) is 37.5 Å². The minimum absolute atomic E-state index is 0.507. The number of rotatable bonds is 7. The van der Waals surface area contributed by atoms with E-state index in [1.54, 1.807) is 0 Å². The molecule has 0 amide bonds. The zero-order valence-corrected chi connectivity index (χ0v) is 14.2. The van der Waals surface area contributed by atoms with Crippen molar-refractivity contribution in [2.45, 2.75) is 65.8 Å². The fraction of sp³-hybridized carbons (Fsp3) is 0.684. The van der Waals surface area contributed by atoms with Crippen molar-refractivity contribution in [3.8, 4) is 5.75 Å². The van der Waals surface area contributed by atoms with Crippen LogP contribution in [0.1, 0.15) is 55.7 Å². The van der Waals surface area contributed by atoms with Gasteiger partial charge in [-0.3, -0.25) is 0 Å². The molecule has 0 radical (unpaired) electrons. The van der Waals surface area contributed by atoms with E-state index < -0.39 is 0 Å². The summed E-state index contributed by atoms with van der Waals surface area (Å²) in [5.41, 5.74) is 3.83. The van der Waals surface area contributed by atoms with E-state index in [9.17, 15) is 0 Å². The Bertz CT molecular complexity index is 426. The molecule has 0 saturated heterocycles. The topological polar surface area (TPSA) is 21.3 Å². The quantitative estimate of drug-likeness (QED) is 0.795. The lowest BCUT2D eigenvalue weighted by atomic mass is 9.98. The van der Waals surface area contributed by atoms with Crippen molar-refractivity contribution >= 4 is 0 Å². The monoisotopic (exact) mass is 289 g/mol. The molecule has 21 heavy (non-hydrogen) atoms. The van der Waals surface area contributed by atoms with Crippen LogP contribution in [0.2, 0.25) is 0 Å². The van der Waals surface area contributed by atoms with E-state index in [0.717, 1.165) is 24.8 Å². The highest BCUT2D eigenvalue weighted by atomic mass is 16.5. The molecular formula is C19H31NO. The minimum Gasteiger partial charge on any atom is -0.491 e. The molecule has 1 aliphatic carbocycles. The van der Waals surface area contributed by atoms with Crippen molar-refractivity contribution in [3.05, 3.63) is 28.8 Å². The second-order valence-electron chi connectivity index (χ2n) is 6.64. The third-order valence-electron chi connectivity index (χ3n) is 4.64. The summed E-state index contributed by atoms with van der Waals surface area (Å²) in [4.78, 5) is 0. The Labute approximate surface area is 130 Å². The van der Waals surface area contributed by atoms with Crippen molar-refractivity contribution < 1.29 is 4.74 Å². The van der Waals surface area contributed by atoms with Crippen molar-refractivity contribution in [2.75, 3.05) is 13.2 Å². The van der Waals surface area contributed by atoms with E-state index in [4.69, 9.17) is 4.74 Å². The van der Waals surface area contributed by atoms with Crippen LogP contribution < -0.4 is 10.1 Å². The van der Waals surface area contributed by atoms with Gasteiger partial charge >= 0.3 is 0 Å². The van der Waals surface area contributed by atoms with Gasteiger partial charge < -0.3 is 10.1 Å². The fourth-order valence-corrected chi connectivity index (χ4v) is 3.62. The van der Waals surface area contributed by atoms with Gasteiger partial charge in [0.2, 0.25) is 0 Å². The van der Waals surface area contributed by atoms with Gasteiger partial charge in [0.1, 0.15) is 12.4 Å². The Kier molecular flexibility index (Phi) is 6.10. The largest absolute Gasteiger partial charge is 0.491 e. The Morgan fingerprint density at radius 2 is 1.76 bits per heavy atom. The zero-order valence-electron chi connectivity index (χ0n) is 14.2. The number of aryl methyl sites for hydroxylation is 3. The number of benzene rings is 1. The highest BCUT2D eigenvalue weighted by molar-refractivity contribution is 5.42. The second kappa shape index (κ2) is 7.84. The molecule has 0 spiro atoms. The molecule has 118 valence electrons. The summed E-state index contributed by atoms with van der Waals surface area (Å²) in [6.07, 6.45) is 6.67. The molecule has 1 fully saturated rings. The second-order valence-corrected chi connectivity index (χ2v) is 6.64. The summed E-state index contributed by atoms with van der Waals surface area (Å²) in [5.74, 6) is 1.88. The van der Waals surface area contributed by atoms with Gasteiger partial charge in [-0.25, -0.2) is 0 Å². The van der Waals surface area contributed by atoms with Crippen molar-refractivity contribution in [1.29, 1.82) is 0 Å². The first-order valence-corrected chi connectivity index (χ1v) is 8.55. The van der Waals surface area contributed by atoms with E-state index in [1.165, 1.54) is 48.8 Å². The predicted molar refractivity (Wildman–Crippen MR) is 90.2 cm³/mol. The lowest BCUT2D eigenvalue weighted by Gasteiger charge is -2.26. The van der Waals surface area contributed by atoms with Crippen LogP contribution in [0.4, 0.5) is 0 Å². The molecule has 0 bridgehead atoms. The normalized spacial score (nSPS) is 17.1. The maximum absolute atomic E-state index is 6.23. The summed E-state index contributed by atoms with van der Waals surface area (Å²) < 4.78 is 6.23. The van der Waals surface area contributed by atoms with Crippen LogP contribution in [0.15, 0.2) is 12.1 Å². The molecule has 1 aromatic carbocycles. The van der Waals surface area contributed by atoms with E-state index in [2.05, 4.69) is 45.1 Å². The van der Waals surface area contributed by atoms with E-state index >= 15 is 0 Å². The van der Waals surface area contributed by atoms with Crippen LogP contribution in [-0.2, 0) is 0 Å². The molecule has 1 unspecified atom stereocenters. The lowest BCUT2D eigenvalue weighted by Crippen LogP contribution is -2.40. The molecule has 2 rings (SSSR count). The Balaban J connectivity index is 2.00. The molecule has 2 nitrogen and oxygen atoms in total. The van der Waals surface area contributed by atoms with E-state index in [0.29, 0.717) is 6.04 Å². The highest BCUT2D eigenvalue weighted by Crippen LogP contribution is 2.29. The average Bonchev–Trinajstić information content (AvgIpc) is 2.94. The fourth-order valence-electron chi connectivity index (χ4n) is 3.62. The SMILES string of the molecule is CCCNC(COc1c(C)cc(C)cc1C)C1CCCC1. The molecule has 1 aliphatic rings. The van der Waals surface area contributed by atoms with Crippen LogP contribution in [0.5, 0.6) is 5.75 Å². The smallest absolute Gasteiger partial charge is 0.125 e. The van der Waals surface area contributed by atoms with Gasteiger partial charge in [-0.15, -0.1) is 0 Å². The Morgan fingerprint density at radius 1 is 1.14 bits per heavy atom. The zero-order chi connectivity index (χ0) is 15.2. The Morgan fingerprint density at radius 3 is 2.33 bits per heavy atom. The van der Waals surface area contributed by atoms with Crippen LogP contribution in [0, 0.1) is 26.7 Å². The van der Waals surface area contributed by atoms with Crippen LogP contribution >= 0.6 is 0 Å². The van der Waals surface area contributed by atoms with Crippen molar-refractivity contribution in [2.24, 2.45) is 5.92 Å². The summed E-state index contributed by atoms with van der Waals surface area (Å²) in [6.45, 7) is 10.6. The summed E-state index contributed by atoms with van der Waals surface area (Å²) >= 11 is 0. The van der Waals surface area contributed by atoms with Crippen LogP contribution in [0.25, 0.3) is 0 Å². The molecule has 0 aliphatic heterocycles. The summed E-state index contributed by atoms with van der Waals surface area (Å²) in [6, 6.07) is 4.94. The molecule has 1 saturated carbocycles. The third-order valence-corrected chi connectivity index (χ3v) is 4.64. The van der Waals surface area contributed by atoms with Crippen LogP contribution in [0.3, 0.4) is 0 Å². The molecular weight excluding hydrogens is 258 g/mol. The first-order valence-electron chi connectivity index (χ1n) is 8.55. The number of ether oxygens (including phenoxy) is 1. The van der Waals surface area contributed by atoms with Gasteiger partial charge in [0.25, 0.3) is 0 Å². The number of nitrogens with one attached hydrogen (secondary N) is 1. The maximum atomic E-state index is 6.23. The highest BCUT2D eigenvalue weighted by Gasteiger charge is 2.25. The van der Waals surface area contributed by atoms with Gasteiger partial charge in [0.05, 0.1) is 0 Å². The van der Waals surface area contributed by atoms with E-state index in [-0.39, 0.29) is 0 Å². The average molecular weight is 289 g/mol. The Hall–Kier alpha value is -1.02. The molecule has 1 aromatic rings. The van der Waals surface area contributed by atoms with Crippen LogP contribution in [-0.4, -0.2) is 19.2 Å². The summed E-state index contributed by atoms with van der Waals surface area (Å²) in [5, 5.41) is 3.71. The number of hydrogen-bond acceptors (Lipinski definition) is 2. The first-order chi connectivity index (χ1) is 10.1. The molecule has 2 heteroatoms. The first kappa shape index (κ1) is 16.4.